The number of rotatable bonds is 2. The lowest BCUT2D eigenvalue weighted by molar-refractivity contribution is -0.884. The molecule has 0 spiro atoms. The molecule has 0 aliphatic rings. The SMILES string of the molecule is C[N+](C)(C)Cc1cc(Br)cc(Br)c1O. The summed E-state index contributed by atoms with van der Waals surface area (Å²) in [5.41, 5.74) is 0.943. The monoisotopic (exact) mass is 322 g/mol. The van der Waals surface area contributed by atoms with Gasteiger partial charge in [-0.05, 0) is 28.1 Å². The van der Waals surface area contributed by atoms with Crippen molar-refractivity contribution >= 4 is 31.9 Å². The van der Waals surface area contributed by atoms with Crippen LogP contribution in [0, 0.1) is 0 Å². The summed E-state index contributed by atoms with van der Waals surface area (Å²) in [7, 11) is 6.27. The molecule has 0 bridgehead atoms. The highest BCUT2D eigenvalue weighted by atomic mass is 79.9. The quantitative estimate of drug-likeness (QED) is 0.829. The van der Waals surface area contributed by atoms with Gasteiger partial charge in [0.1, 0.15) is 12.3 Å². The van der Waals surface area contributed by atoms with E-state index in [1.165, 1.54) is 0 Å². The number of hydrogen-bond donors (Lipinski definition) is 1. The number of phenols is 1. The maximum absolute atomic E-state index is 9.81. The molecule has 1 N–H and O–H groups in total. The largest absolute Gasteiger partial charge is 0.506 e. The standard InChI is InChI=1S/C10H13Br2NO/c1-13(2,3)6-7-4-8(11)5-9(12)10(7)14/h4-5H,6H2,1-3H3/p+1. The number of phenolic OH excluding ortho intramolecular Hbond substituents is 1. The molecule has 0 radical (unpaired) electrons. The Morgan fingerprint density at radius 2 is 1.79 bits per heavy atom. The van der Waals surface area contributed by atoms with Crippen LogP contribution in [-0.2, 0) is 6.54 Å². The normalized spacial score (nSPS) is 11.8. The van der Waals surface area contributed by atoms with Crippen LogP contribution in [-0.4, -0.2) is 30.7 Å². The van der Waals surface area contributed by atoms with E-state index in [2.05, 4.69) is 53.0 Å². The summed E-state index contributed by atoms with van der Waals surface area (Å²) in [6.45, 7) is 0.796. The molecule has 1 aromatic carbocycles. The van der Waals surface area contributed by atoms with Crippen LogP contribution in [0.25, 0.3) is 0 Å². The molecule has 78 valence electrons. The van der Waals surface area contributed by atoms with E-state index < -0.39 is 0 Å². The number of nitrogens with zero attached hydrogens (tertiary/aromatic N) is 1. The average Bonchev–Trinajstić information content (AvgIpc) is 1.96. The van der Waals surface area contributed by atoms with E-state index in [0.717, 1.165) is 25.5 Å². The fourth-order valence-corrected chi connectivity index (χ4v) is 2.56. The Hall–Kier alpha value is -0.0600. The first-order valence-corrected chi connectivity index (χ1v) is 5.85. The van der Waals surface area contributed by atoms with Crippen molar-refractivity contribution in [3.63, 3.8) is 0 Å². The summed E-state index contributed by atoms with van der Waals surface area (Å²) in [6.07, 6.45) is 0. The average molecular weight is 324 g/mol. The lowest BCUT2D eigenvalue weighted by atomic mass is 10.2. The molecule has 1 rings (SSSR count). The molecule has 0 atom stereocenters. The minimum atomic E-state index is 0.334. The number of quaternary nitrogens is 1. The molecular formula is C10H14Br2NO+. The van der Waals surface area contributed by atoms with Gasteiger partial charge in [-0.1, -0.05) is 15.9 Å². The van der Waals surface area contributed by atoms with Crippen LogP contribution in [0.15, 0.2) is 21.1 Å². The summed E-state index contributed by atoms with van der Waals surface area (Å²) >= 11 is 6.72. The predicted octanol–water partition coefficient (Wildman–Crippen LogP) is 3.12. The molecule has 0 amide bonds. The van der Waals surface area contributed by atoms with E-state index >= 15 is 0 Å². The zero-order chi connectivity index (χ0) is 10.9. The van der Waals surface area contributed by atoms with E-state index in [4.69, 9.17) is 0 Å². The predicted molar refractivity (Wildman–Crippen MR) is 65.2 cm³/mol. The van der Waals surface area contributed by atoms with Crippen molar-refractivity contribution in [2.75, 3.05) is 21.1 Å². The smallest absolute Gasteiger partial charge is 0.138 e. The second kappa shape index (κ2) is 4.21. The van der Waals surface area contributed by atoms with Crippen LogP contribution < -0.4 is 0 Å². The molecule has 0 heterocycles. The zero-order valence-corrected chi connectivity index (χ0v) is 11.7. The van der Waals surface area contributed by atoms with Gasteiger partial charge in [-0.15, -0.1) is 0 Å². The Morgan fingerprint density at radius 3 is 2.29 bits per heavy atom. The summed E-state index contributed by atoms with van der Waals surface area (Å²) in [5.74, 6) is 0.334. The minimum absolute atomic E-state index is 0.334. The number of aromatic hydroxyl groups is 1. The highest BCUT2D eigenvalue weighted by Gasteiger charge is 2.14. The van der Waals surface area contributed by atoms with Crippen LogP contribution in [0.5, 0.6) is 5.75 Å². The van der Waals surface area contributed by atoms with Crippen molar-refractivity contribution in [3.05, 3.63) is 26.6 Å². The van der Waals surface area contributed by atoms with Gasteiger partial charge >= 0.3 is 0 Å². The van der Waals surface area contributed by atoms with Gasteiger partial charge in [0.25, 0.3) is 0 Å². The molecule has 0 saturated carbocycles. The molecule has 0 unspecified atom stereocenters. The zero-order valence-electron chi connectivity index (χ0n) is 8.51. The third kappa shape index (κ3) is 3.26. The van der Waals surface area contributed by atoms with Crippen LogP contribution in [0.3, 0.4) is 0 Å². The lowest BCUT2D eigenvalue weighted by Crippen LogP contribution is -2.33. The molecule has 2 nitrogen and oxygen atoms in total. The van der Waals surface area contributed by atoms with Crippen LogP contribution in [0.4, 0.5) is 0 Å². The van der Waals surface area contributed by atoms with Crippen molar-refractivity contribution in [3.8, 4) is 5.75 Å². The fourth-order valence-electron chi connectivity index (χ4n) is 1.25. The van der Waals surface area contributed by atoms with Crippen LogP contribution >= 0.6 is 31.9 Å². The van der Waals surface area contributed by atoms with E-state index in [1.807, 2.05) is 12.1 Å². The summed E-state index contributed by atoms with van der Waals surface area (Å²) < 4.78 is 2.50. The van der Waals surface area contributed by atoms with Crippen molar-refractivity contribution in [2.24, 2.45) is 0 Å². The van der Waals surface area contributed by atoms with Gasteiger partial charge in [-0.3, -0.25) is 0 Å². The van der Waals surface area contributed by atoms with E-state index in [9.17, 15) is 5.11 Å². The molecule has 14 heavy (non-hydrogen) atoms. The summed E-state index contributed by atoms with van der Waals surface area (Å²) in [5, 5.41) is 9.81. The Labute approximate surface area is 101 Å². The van der Waals surface area contributed by atoms with Gasteiger partial charge in [0.15, 0.2) is 0 Å². The van der Waals surface area contributed by atoms with Crippen molar-refractivity contribution in [2.45, 2.75) is 6.54 Å². The van der Waals surface area contributed by atoms with Gasteiger partial charge < -0.3 is 9.59 Å². The minimum Gasteiger partial charge on any atom is -0.506 e. The van der Waals surface area contributed by atoms with Crippen LogP contribution in [0.1, 0.15) is 5.56 Å². The van der Waals surface area contributed by atoms with Gasteiger partial charge in [0.2, 0.25) is 0 Å². The number of benzene rings is 1. The Kier molecular flexibility index (Phi) is 3.61. The van der Waals surface area contributed by atoms with Gasteiger partial charge in [0, 0.05) is 4.47 Å². The molecule has 0 fully saturated rings. The molecule has 0 saturated heterocycles. The lowest BCUT2D eigenvalue weighted by Gasteiger charge is -2.24. The first kappa shape index (κ1) is 12.0. The Balaban J connectivity index is 3.09. The van der Waals surface area contributed by atoms with Crippen molar-refractivity contribution in [1.82, 2.24) is 0 Å². The first-order valence-electron chi connectivity index (χ1n) is 4.27. The Bertz CT molecular complexity index is 345. The van der Waals surface area contributed by atoms with Crippen LogP contribution in [0.2, 0.25) is 0 Å². The van der Waals surface area contributed by atoms with Gasteiger partial charge in [0.05, 0.1) is 31.2 Å². The second-order valence-corrected chi connectivity index (χ2v) is 6.11. The first-order chi connectivity index (χ1) is 6.29. The molecule has 0 aliphatic carbocycles. The number of halogens is 2. The van der Waals surface area contributed by atoms with E-state index in [0.29, 0.717) is 5.75 Å². The fraction of sp³-hybridized carbons (Fsp3) is 0.400. The second-order valence-electron chi connectivity index (χ2n) is 4.34. The maximum atomic E-state index is 9.81. The molecule has 4 heteroatoms. The van der Waals surface area contributed by atoms with Gasteiger partial charge in [-0.2, -0.15) is 0 Å². The molecule has 0 aromatic heterocycles. The van der Waals surface area contributed by atoms with E-state index in [-0.39, 0.29) is 0 Å². The topological polar surface area (TPSA) is 20.2 Å². The van der Waals surface area contributed by atoms with Crippen molar-refractivity contribution < 1.29 is 9.59 Å². The van der Waals surface area contributed by atoms with Gasteiger partial charge in [-0.25, -0.2) is 0 Å². The molecular weight excluding hydrogens is 310 g/mol. The third-order valence-corrected chi connectivity index (χ3v) is 2.81. The highest BCUT2D eigenvalue weighted by Crippen LogP contribution is 2.32. The van der Waals surface area contributed by atoms with E-state index in [1.54, 1.807) is 0 Å². The third-order valence-electron chi connectivity index (χ3n) is 1.75. The Morgan fingerprint density at radius 1 is 1.21 bits per heavy atom. The summed E-state index contributed by atoms with van der Waals surface area (Å²) in [6, 6.07) is 3.79. The molecule has 1 aromatic rings. The molecule has 0 aliphatic heterocycles. The van der Waals surface area contributed by atoms with Crippen molar-refractivity contribution in [1.29, 1.82) is 0 Å². The maximum Gasteiger partial charge on any atom is 0.138 e. The highest BCUT2D eigenvalue weighted by molar-refractivity contribution is 9.11. The number of hydrogen-bond acceptors (Lipinski definition) is 1. The summed E-state index contributed by atoms with van der Waals surface area (Å²) in [4.78, 5) is 0.